The summed E-state index contributed by atoms with van der Waals surface area (Å²) < 4.78 is 12.0. The number of fused-ring (bicyclic) bond motifs is 21. The van der Waals surface area contributed by atoms with Gasteiger partial charge in [0.1, 0.15) is 11.5 Å². The van der Waals surface area contributed by atoms with Gasteiger partial charge in [-0.15, -0.1) is 0 Å². The van der Waals surface area contributed by atoms with Crippen LogP contribution in [-0.4, -0.2) is 15.8 Å². The lowest BCUT2D eigenvalue weighted by Crippen LogP contribution is -2.61. The average Bonchev–Trinajstić information content (AvgIpc) is 1.61. The smallest absolute Gasteiger partial charge is 0.252 e. The number of ether oxygens (including phenoxy) is 1. The fraction of sp³-hybridized carbons (Fsp3) is 0.153. The molecule has 3 aliphatic heterocycles. The van der Waals surface area contributed by atoms with E-state index in [0.29, 0.717) is 0 Å². The SMILES string of the molecule is CC(C)(C)c1ccc(N2c3ccc(C(C)(C)C)cc3B3c4ccc5c(c4N(c4ccc(C(C)(C)C)cc4)c4cc(-n6c7ccccc7c7c6ccc6c8ccccc8n(-c8ccccc8)c67)cc2c43)-c2ccccc2C52c3ccccc3Oc3ccccc32)cc1. The second-order valence-corrected chi connectivity index (χ2v) is 28.8. The van der Waals surface area contributed by atoms with Crippen LogP contribution in [0, 0.1) is 0 Å². The summed E-state index contributed by atoms with van der Waals surface area (Å²) >= 11 is 0. The molecule has 0 atom stereocenters. The topological polar surface area (TPSA) is 25.6 Å². The lowest BCUT2D eigenvalue weighted by atomic mass is 9.33. The molecule has 1 aliphatic carbocycles. The Labute approximate surface area is 533 Å². The first-order valence-corrected chi connectivity index (χ1v) is 32.4. The van der Waals surface area contributed by atoms with Crippen LogP contribution in [-0.2, 0) is 21.7 Å². The number of hydrogen-bond donors (Lipinski definition) is 0. The third kappa shape index (κ3) is 7.48. The molecule has 0 radical (unpaired) electrons. The Kier molecular flexibility index (Phi) is 11.1. The molecule has 5 heterocycles. The van der Waals surface area contributed by atoms with E-state index in [-0.39, 0.29) is 23.0 Å². The van der Waals surface area contributed by atoms with E-state index in [2.05, 4.69) is 336 Å². The first kappa shape index (κ1) is 53.7. The van der Waals surface area contributed by atoms with E-state index >= 15 is 0 Å². The van der Waals surface area contributed by atoms with E-state index in [9.17, 15) is 0 Å². The minimum Gasteiger partial charge on any atom is -0.457 e. The molecule has 6 heteroatoms. The summed E-state index contributed by atoms with van der Waals surface area (Å²) in [7, 11) is 0. The Morgan fingerprint density at radius 1 is 0.352 bits per heavy atom. The van der Waals surface area contributed by atoms with Gasteiger partial charge in [-0.3, -0.25) is 0 Å². The van der Waals surface area contributed by atoms with E-state index < -0.39 is 5.41 Å². The summed E-state index contributed by atoms with van der Waals surface area (Å²) in [6.07, 6.45) is 0. The van der Waals surface area contributed by atoms with Crippen LogP contribution >= 0.6 is 0 Å². The fourth-order valence-corrected chi connectivity index (χ4v) is 16.4. The van der Waals surface area contributed by atoms with E-state index in [1.807, 2.05) is 0 Å². The zero-order valence-corrected chi connectivity index (χ0v) is 53.0. The maximum atomic E-state index is 6.94. The van der Waals surface area contributed by atoms with Crippen LogP contribution in [0.3, 0.4) is 0 Å². The Hall–Kier alpha value is -10.3. The molecule has 1 spiro atoms. The normalized spacial score (nSPS) is 14.3. The molecule has 0 unspecified atom stereocenters. The molecule has 0 saturated carbocycles. The number of rotatable bonds is 4. The third-order valence-corrected chi connectivity index (χ3v) is 20.6. The first-order chi connectivity index (χ1) is 44.1. The van der Waals surface area contributed by atoms with E-state index in [0.717, 1.165) is 67.8 Å². The first-order valence-electron chi connectivity index (χ1n) is 32.4. The van der Waals surface area contributed by atoms with Gasteiger partial charge in [0, 0.05) is 78.0 Å². The molecule has 91 heavy (non-hydrogen) atoms. The number of nitrogens with zero attached hydrogens (tertiary/aromatic N) is 4. The molecule has 14 aromatic rings. The van der Waals surface area contributed by atoms with Crippen molar-refractivity contribution < 1.29 is 4.74 Å². The van der Waals surface area contributed by atoms with E-state index in [1.54, 1.807) is 0 Å². The van der Waals surface area contributed by atoms with Crippen molar-refractivity contribution in [1.29, 1.82) is 0 Å². The number of para-hydroxylation sites is 5. The molecular weight excluding hydrogens is 1100 g/mol. The molecular formula is C85H69BN4O. The van der Waals surface area contributed by atoms with E-state index in [1.165, 1.54) is 99.3 Å². The van der Waals surface area contributed by atoms with Gasteiger partial charge >= 0.3 is 0 Å². The molecule has 0 fully saturated rings. The van der Waals surface area contributed by atoms with Crippen molar-refractivity contribution in [2.24, 2.45) is 0 Å². The van der Waals surface area contributed by atoms with Crippen LogP contribution < -0.4 is 30.9 Å². The monoisotopic (exact) mass is 1170 g/mol. The van der Waals surface area contributed by atoms with Gasteiger partial charge in [0.2, 0.25) is 0 Å². The Bertz CT molecular complexity index is 5350. The maximum absolute atomic E-state index is 6.94. The number of benzene rings is 12. The standard InChI is InChI=1S/C85H69BN4O/c1-82(2,3)52-35-40-56(41-36-52)87-71-47-39-54(84(7,8)9)49-68(71)86-67-46-45-66-77(61-26-13-16-28-63(61)85(66)64-29-17-21-33-75(64)91-76-34-22-18-30-65(76)85)81(67)90(57-42-37-53(38-43-57)83(4,5)6)74-51-58(50-73(87)79(74)86)88-70-32-20-15-27-62(70)78-72(88)48-44-60-59-25-14-19-31-69(59)89(80(60)78)55-23-11-10-12-24-55/h10-51H,1-9H3. The predicted molar refractivity (Wildman–Crippen MR) is 383 cm³/mol. The van der Waals surface area contributed by atoms with Gasteiger partial charge < -0.3 is 23.7 Å². The highest BCUT2D eigenvalue weighted by atomic mass is 16.5. The lowest BCUT2D eigenvalue weighted by Gasteiger charge is -2.46. The summed E-state index contributed by atoms with van der Waals surface area (Å²) in [5.74, 6) is 1.77. The molecule has 12 aromatic carbocycles. The minimum atomic E-state index is -0.683. The zero-order valence-electron chi connectivity index (χ0n) is 53.0. The predicted octanol–water partition coefficient (Wildman–Crippen LogP) is 20.3. The maximum Gasteiger partial charge on any atom is 0.252 e. The van der Waals surface area contributed by atoms with Crippen molar-refractivity contribution >= 4 is 101 Å². The molecule has 438 valence electrons. The quantitative estimate of drug-likeness (QED) is 0.164. The molecule has 0 N–H and O–H groups in total. The van der Waals surface area contributed by atoms with Gasteiger partial charge in [0.25, 0.3) is 6.71 Å². The second-order valence-electron chi connectivity index (χ2n) is 28.8. The van der Waals surface area contributed by atoms with Gasteiger partial charge in [-0.1, -0.05) is 232 Å². The minimum absolute atomic E-state index is 0.0304. The highest BCUT2D eigenvalue weighted by Gasteiger charge is 2.54. The summed E-state index contributed by atoms with van der Waals surface area (Å²) in [5.41, 5.74) is 28.0. The van der Waals surface area contributed by atoms with Crippen LogP contribution in [0.4, 0.5) is 34.1 Å². The largest absolute Gasteiger partial charge is 0.457 e. The Balaban J connectivity index is 1.01. The third-order valence-electron chi connectivity index (χ3n) is 20.6. The van der Waals surface area contributed by atoms with Crippen LogP contribution in [0.2, 0.25) is 0 Å². The van der Waals surface area contributed by atoms with Crippen molar-refractivity contribution in [1.82, 2.24) is 9.13 Å². The van der Waals surface area contributed by atoms with Crippen LogP contribution in [0.15, 0.2) is 255 Å². The second kappa shape index (κ2) is 18.9. The highest BCUT2D eigenvalue weighted by Crippen LogP contribution is 2.65. The van der Waals surface area contributed by atoms with Crippen molar-refractivity contribution in [3.8, 4) is 34.0 Å². The number of aromatic nitrogens is 2. The summed E-state index contributed by atoms with van der Waals surface area (Å²) in [6.45, 7) is 20.8. The molecule has 5 nitrogen and oxygen atoms in total. The van der Waals surface area contributed by atoms with Crippen LogP contribution in [0.25, 0.3) is 66.1 Å². The van der Waals surface area contributed by atoms with Crippen molar-refractivity contribution in [3.05, 3.63) is 294 Å². The average molecular weight is 1170 g/mol. The molecule has 2 aromatic heterocycles. The lowest BCUT2D eigenvalue weighted by molar-refractivity contribution is 0.436. The number of hydrogen-bond acceptors (Lipinski definition) is 3. The van der Waals surface area contributed by atoms with Gasteiger partial charge in [-0.25, -0.2) is 0 Å². The van der Waals surface area contributed by atoms with Crippen LogP contribution in [0.1, 0.15) is 101 Å². The van der Waals surface area contributed by atoms with Crippen LogP contribution in [0.5, 0.6) is 11.5 Å². The zero-order chi connectivity index (χ0) is 61.6. The van der Waals surface area contributed by atoms with Crippen molar-refractivity contribution in [2.45, 2.75) is 84.0 Å². The van der Waals surface area contributed by atoms with Gasteiger partial charge in [0.15, 0.2) is 0 Å². The fourth-order valence-electron chi connectivity index (χ4n) is 16.4. The van der Waals surface area contributed by atoms with E-state index in [4.69, 9.17) is 4.74 Å². The molecule has 0 bridgehead atoms. The summed E-state index contributed by atoms with van der Waals surface area (Å²) in [4.78, 5) is 5.29. The summed E-state index contributed by atoms with van der Waals surface area (Å²) in [6, 6.07) is 97.0. The molecule has 4 aliphatic rings. The molecule has 0 saturated heterocycles. The highest BCUT2D eigenvalue weighted by molar-refractivity contribution is 7.00. The van der Waals surface area contributed by atoms with Gasteiger partial charge in [-0.2, -0.15) is 0 Å². The number of anilines is 6. The molecule has 18 rings (SSSR count). The van der Waals surface area contributed by atoms with Gasteiger partial charge in [-0.05, 0) is 151 Å². The van der Waals surface area contributed by atoms with Gasteiger partial charge in [0.05, 0.1) is 33.2 Å². The summed E-state index contributed by atoms with van der Waals surface area (Å²) in [5, 5.41) is 4.90. The van der Waals surface area contributed by atoms with Crippen molar-refractivity contribution in [3.63, 3.8) is 0 Å². The Morgan fingerprint density at radius 2 is 0.890 bits per heavy atom. The van der Waals surface area contributed by atoms with Crippen molar-refractivity contribution in [2.75, 3.05) is 9.80 Å². The molecule has 0 amide bonds. The Morgan fingerprint density at radius 3 is 1.54 bits per heavy atom.